The largest absolute Gasteiger partial charge is 0.391 e. The molecule has 1 heterocycles. The molecule has 0 spiro atoms. The van der Waals surface area contributed by atoms with Crippen molar-refractivity contribution >= 4 is 33.3 Å². The molecule has 1 unspecified atom stereocenters. The molecule has 1 aromatic rings. The van der Waals surface area contributed by atoms with Crippen LogP contribution in [0.4, 0.5) is 19.0 Å². The van der Waals surface area contributed by atoms with E-state index in [1.807, 2.05) is 0 Å². The molecule has 0 aliphatic rings. The quantitative estimate of drug-likeness (QED) is 0.901. The molecule has 0 aliphatic heterocycles. The monoisotopic (exact) mass is 316 g/mol. The van der Waals surface area contributed by atoms with E-state index >= 15 is 0 Å². The van der Waals surface area contributed by atoms with Crippen molar-refractivity contribution in [1.29, 1.82) is 0 Å². The number of rotatable bonds is 3. The van der Waals surface area contributed by atoms with Crippen molar-refractivity contribution < 1.29 is 13.2 Å². The molecule has 1 aromatic heterocycles. The van der Waals surface area contributed by atoms with Crippen LogP contribution in [-0.2, 0) is 0 Å². The first-order chi connectivity index (χ1) is 7.28. The van der Waals surface area contributed by atoms with Gasteiger partial charge in [0.2, 0.25) is 0 Å². The second-order valence-electron chi connectivity index (χ2n) is 3.35. The van der Waals surface area contributed by atoms with E-state index in [4.69, 9.17) is 11.6 Å². The summed E-state index contributed by atoms with van der Waals surface area (Å²) in [6.45, 7) is 1.42. The van der Waals surface area contributed by atoms with Gasteiger partial charge in [0.1, 0.15) is 5.82 Å². The van der Waals surface area contributed by atoms with Gasteiger partial charge in [-0.05, 0) is 28.9 Å². The van der Waals surface area contributed by atoms with E-state index in [2.05, 4.69) is 26.2 Å². The molecule has 0 bridgehead atoms. The maximum Gasteiger partial charge on any atom is 0.391 e. The van der Waals surface area contributed by atoms with Gasteiger partial charge in [0.05, 0.1) is 11.4 Å². The highest BCUT2D eigenvalue weighted by atomic mass is 79.9. The van der Waals surface area contributed by atoms with Crippen molar-refractivity contribution in [3.8, 4) is 0 Å². The van der Waals surface area contributed by atoms with Crippen molar-refractivity contribution in [2.45, 2.75) is 25.6 Å². The Bertz CT molecular complexity index is 370. The Morgan fingerprint density at radius 1 is 1.56 bits per heavy atom. The zero-order valence-electron chi connectivity index (χ0n) is 8.28. The van der Waals surface area contributed by atoms with Crippen LogP contribution < -0.4 is 5.32 Å². The molecule has 7 heteroatoms. The first kappa shape index (κ1) is 13.6. The molecule has 2 nitrogen and oxygen atoms in total. The molecule has 0 saturated heterocycles. The molecule has 0 aromatic carbocycles. The van der Waals surface area contributed by atoms with E-state index in [1.54, 1.807) is 6.07 Å². The van der Waals surface area contributed by atoms with Crippen LogP contribution in [0.5, 0.6) is 0 Å². The number of halogens is 5. The van der Waals surface area contributed by atoms with Crippen molar-refractivity contribution in [2.75, 3.05) is 5.32 Å². The number of nitrogens with one attached hydrogen (secondary N) is 1. The minimum Gasteiger partial charge on any atom is -0.366 e. The zero-order valence-corrected chi connectivity index (χ0v) is 10.6. The maximum absolute atomic E-state index is 12.1. The highest BCUT2D eigenvalue weighted by Crippen LogP contribution is 2.26. The van der Waals surface area contributed by atoms with E-state index in [0.29, 0.717) is 4.47 Å². The zero-order chi connectivity index (χ0) is 12.3. The molecule has 0 fully saturated rings. The predicted octanol–water partition coefficient (Wildman–Crippen LogP) is 4.25. The molecule has 0 amide bonds. The number of alkyl halides is 3. The third-order valence-corrected chi connectivity index (χ3v) is 2.45. The van der Waals surface area contributed by atoms with Crippen LogP contribution in [0.3, 0.4) is 0 Å². The van der Waals surface area contributed by atoms with Crippen molar-refractivity contribution in [3.63, 3.8) is 0 Å². The van der Waals surface area contributed by atoms with Crippen molar-refractivity contribution in [3.05, 3.63) is 21.8 Å². The third-order valence-electron chi connectivity index (χ3n) is 1.73. The summed E-state index contributed by atoms with van der Waals surface area (Å²) in [5, 5.41) is 2.89. The highest BCUT2D eigenvalue weighted by Gasteiger charge is 2.30. The highest BCUT2D eigenvalue weighted by molar-refractivity contribution is 9.10. The molecule has 0 saturated carbocycles. The second-order valence-corrected chi connectivity index (χ2v) is 4.67. The molecule has 1 N–H and O–H groups in total. The van der Waals surface area contributed by atoms with Gasteiger partial charge in [0, 0.05) is 16.7 Å². The van der Waals surface area contributed by atoms with E-state index in [0.717, 1.165) is 0 Å². The first-order valence-electron chi connectivity index (χ1n) is 4.42. The van der Waals surface area contributed by atoms with Gasteiger partial charge in [-0.2, -0.15) is 13.2 Å². The lowest BCUT2D eigenvalue weighted by molar-refractivity contribution is -0.136. The maximum atomic E-state index is 12.1. The summed E-state index contributed by atoms with van der Waals surface area (Å²) in [5.74, 6) is 0.251. The Labute approximate surface area is 104 Å². The minimum absolute atomic E-state index is 0.251. The van der Waals surface area contributed by atoms with Crippen LogP contribution in [-0.4, -0.2) is 17.2 Å². The predicted molar refractivity (Wildman–Crippen MR) is 60.7 cm³/mol. The normalized spacial score (nSPS) is 13.6. The first-order valence-corrected chi connectivity index (χ1v) is 5.59. The van der Waals surface area contributed by atoms with Crippen LogP contribution in [0, 0.1) is 0 Å². The molecule has 1 rings (SSSR count). The van der Waals surface area contributed by atoms with E-state index in [-0.39, 0.29) is 10.8 Å². The van der Waals surface area contributed by atoms with Gasteiger partial charge in [-0.3, -0.25) is 0 Å². The average Bonchev–Trinajstić information content (AvgIpc) is 2.06. The SMILES string of the molecule is CC(CC(F)(F)F)Nc1ncc(Br)cc1Cl. The number of aromatic nitrogens is 1. The van der Waals surface area contributed by atoms with E-state index in [9.17, 15) is 13.2 Å². The van der Waals surface area contributed by atoms with Gasteiger partial charge in [-0.25, -0.2) is 4.98 Å². The summed E-state index contributed by atoms with van der Waals surface area (Å²) in [7, 11) is 0. The lowest BCUT2D eigenvalue weighted by Gasteiger charge is -2.17. The molecule has 0 aliphatic carbocycles. The summed E-state index contributed by atoms with van der Waals surface area (Å²) in [5.41, 5.74) is 0. The second kappa shape index (κ2) is 5.23. The summed E-state index contributed by atoms with van der Waals surface area (Å²) < 4.78 is 36.9. The molecule has 90 valence electrons. The van der Waals surface area contributed by atoms with Gasteiger partial charge in [0.25, 0.3) is 0 Å². The third kappa shape index (κ3) is 4.57. The molecule has 16 heavy (non-hydrogen) atoms. The van der Waals surface area contributed by atoms with Gasteiger partial charge in [0.15, 0.2) is 0 Å². The summed E-state index contributed by atoms with van der Waals surface area (Å²) >= 11 is 8.97. The molecular formula is C9H9BrClF3N2. The van der Waals surface area contributed by atoms with Crippen LogP contribution >= 0.6 is 27.5 Å². The summed E-state index contributed by atoms with van der Waals surface area (Å²) in [6.07, 6.45) is -3.66. The number of anilines is 1. The minimum atomic E-state index is -4.20. The van der Waals surface area contributed by atoms with Crippen LogP contribution in [0.1, 0.15) is 13.3 Å². The smallest absolute Gasteiger partial charge is 0.366 e. The van der Waals surface area contributed by atoms with Gasteiger partial charge >= 0.3 is 6.18 Å². The number of nitrogens with zero attached hydrogens (tertiary/aromatic N) is 1. The fraction of sp³-hybridized carbons (Fsp3) is 0.444. The standard InChI is InChI=1S/C9H9BrClF3N2/c1-5(3-9(12,13)14)16-8-7(11)2-6(10)4-15-8/h2,4-5H,3H2,1H3,(H,15,16). The number of pyridine rings is 1. The number of hydrogen-bond donors (Lipinski definition) is 1. The number of hydrogen-bond acceptors (Lipinski definition) is 2. The Balaban J connectivity index is 2.66. The van der Waals surface area contributed by atoms with Crippen molar-refractivity contribution in [1.82, 2.24) is 4.98 Å². The van der Waals surface area contributed by atoms with E-state index in [1.165, 1.54) is 13.1 Å². The Hall–Kier alpha value is -0.490. The van der Waals surface area contributed by atoms with Gasteiger partial charge in [-0.15, -0.1) is 0 Å². The van der Waals surface area contributed by atoms with Crippen LogP contribution in [0.2, 0.25) is 5.02 Å². The Morgan fingerprint density at radius 2 is 2.19 bits per heavy atom. The van der Waals surface area contributed by atoms with Crippen LogP contribution in [0.15, 0.2) is 16.7 Å². The molecule has 1 atom stereocenters. The lowest BCUT2D eigenvalue weighted by Crippen LogP contribution is -2.24. The van der Waals surface area contributed by atoms with Gasteiger partial charge in [-0.1, -0.05) is 11.6 Å². The fourth-order valence-electron chi connectivity index (χ4n) is 1.15. The molecular weight excluding hydrogens is 308 g/mol. The Kier molecular flexibility index (Phi) is 4.43. The van der Waals surface area contributed by atoms with E-state index < -0.39 is 18.6 Å². The average molecular weight is 318 g/mol. The lowest BCUT2D eigenvalue weighted by atomic mass is 10.2. The summed E-state index contributed by atoms with van der Waals surface area (Å²) in [6, 6.07) is 0.795. The molecule has 0 radical (unpaired) electrons. The topological polar surface area (TPSA) is 24.9 Å². The fourth-order valence-corrected chi connectivity index (χ4v) is 1.84. The van der Waals surface area contributed by atoms with Gasteiger partial charge < -0.3 is 5.32 Å². The summed E-state index contributed by atoms with van der Waals surface area (Å²) in [4.78, 5) is 3.89. The van der Waals surface area contributed by atoms with Crippen LogP contribution in [0.25, 0.3) is 0 Å². The van der Waals surface area contributed by atoms with Crippen molar-refractivity contribution in [2.24, 2.45) is 0 Å². The Morgan fingerprint density at radius 3 is 2.69 bits per heavy atom.